The number of carbonyl (C=O) groups is 2. The second kappa shape index (κ2) is 3.98. The summed E-state index contributed by atoms with van der Waals surface area (Å²) in [6.07, 6.45) is 2.87. The van der Waals surface area contributed by atoms with Gasteiger partial charge < -0.3 is 10.2 Å². The zero-order valence-electron chi connectivity index (χ0n) is 8.32. The third-order valence-corrected chi connectivity index (χ3v) is 3.01. The van der Waals surface area contributed by atoms with Crippen LogP contribution in [0.3, 0.4) is 0 Å². The summed E-state index contributed by atoms with van der Waals surface area (Å²) in [4.78, 5) is 21.6. The molecule has 1 aliphatic carbocycles. The quantitative estimate of drug-likeness (QED) is 0.684. The summed E-state index contributed by atoms with van der Waals surface area (Å²) in [6, 6.07) is 0. The molecule has 0 aliphatic heterocycles. The molecule has 1 atom stereocenters. The Labute approximate surface area is 82.9 Å². The third kappa shape index (κ3) is 2.25. The summed E-state index contributed by atoms with van der Waals surface area (Å²) < 4.78 is 0. The highest BCUT2D eigenvalue weighted by Gasteiger charge is 2.53. The molecule has 0 bridgehead atoms. The van der Waals surface area contributed by atoms with Crippen molar-refractivity contribution in [1.82, 2.24) is 0 Å². The Balaban J connectivity index is 2.67. The van der Waals surface area contributed by atoms with E-state index in [0.717, 1.165) is 19.3 Å². The zero-order valence-corrected chi connectivity index (χ0v) is 8.32. The van der Waals surface area contributed by atoms with E-state index in [0.29, 0.717) is 6.42 Å². The number of aliphatic carboxylic acids is 2. The number of carboxylic acid groups (broad SMARTS) is 2. The van der Waals surface area contributed by atoms with Gasteiger partial charge in [0.2, 0.25) is 0 Å². The number of carboxylic acids is 2. The molecule has 1 unspecified atom stereocenters. The molecule has 0 amide bonds. The molecule has 0 aromatic carbocycles. The highest BCUT2D eigenvalue weighted by Crippen LogP contribution is 2.56. The molecule has 1 fully saturated rings. The van der Waals surface area contributed by atoms with Crippen molar-refractivity contribution in [3.63, 3.8) is 0 Å². The van der Waals surface area contributed by atoms with E-state index in [-0.39, 0.29) is 6.42 Å². The lowest BCUT2D eigenvalue weighted by atomic mass is 9.83. The topological polar surface area (TPSA) is 74.6 Å². The fourth-order valence-corrected chi connectivity index (χ4v) is 2.09. The molecule has 0 aromatic rings. The van der Waals surface area contributed by atoms with Crippen molar-refractivity contribution < 1.29 is 19.8 Å². The second-order valence-electron chi connectivity index (χ2n) is 4.11. The summed E-state index contributed by atoms with van der Waals surface area (Å²) in [5.74, 6) is -2.20. The predicted octanol–water partition coefficient (Wildman–Crippen LogP) is 1.74. The average molecular weight is 200 g/mol. The lowest BCUT2D eigenvalue weighted by Gasteiger charge is -2.20. The monoisotopic (exact) mass is 200 g/mol. The molecule has 1 aliphatic rings. The van der Waals surface area contributed by atoms with Gasteiger partial charge in [0.05, 0.1) is 12.3 Å². The molecule has 4 nitrogen and oxygen atoms in total. The Kier molecular flexibility index (Phi) is 3.13. The van der Waals surface area contributed by atoms with E-state index in [2.05, 4.69) is 0 Å². The van der Waals surface area contributed by atoms with E-state index in [1.807, 2.05) is 6.92 Å². The van der Waals surface area contributed by atoms with Crippen molar-refractivity contribution >= 4 is 11.9 Å². The highest BCUT2D eigenvalue weighted by atomic mass is 16.4. The minimum absolute atomic E-state index is 0.00394. The van der Waals surface area contributed by atoms with Crippen LogP contribution in [0, 0.1) is 11.3 Å². The zero-order chi connectivity index (χ0) is 10.8. The lowest BCUT2D eigenvalue weighted by molar-refractivity contribution is -0.146. The van der Waals surface area contributed by atoms with E-state index in [9.17, 15) is 9.59 Å². The fraction of sp³-hybridized carbons (Fsp3) is 0.800. The maximum absolute atomic E-state index is 11.0. The van der Waals surface area contributed by atoms with Gasteiger partial charge in [0.1, 0.15) is 0 Å². The van der Waals surface area contributed by atoms with E-state index in [1.165, 1.54) is 0 Å². The molecule has 0 radical (unpaired) electrons. The van der Waals surface area contributed by atoms with Crippen LogP contribution in [0.1, 0.15) is 39.0 Å². The summed E-state index contributed by atoms with van der Waals surface area (Å²) in [5.41, 5.74) is -0.437. The van der Waals surface area contributed by atoms with E-state index in [1.54, 1.807) is 0 Å². The largest absolute Gasteiger partial charge is 0.481 e. The molecule has 0 heterocycles. The molecule has 14 heavy (non-hydrogen) atoms. The average Bonchev–Trinajstić information content (AvgIpc) is 2.79. The first-order valence-electron chi connectivity index (χ1n) is 4.96. The van der Waals surface area contributed by atoms with Gasteiger partial charge in [-0.3, -0.25) is 9.59 Å². The van der Waals surface area contributed by atoms with Crippen LogP contribution in [0.25, 0.3) is 0 Å². The first kappa shape index (κ1) is 11.0. The van der Waals surface area contributed by atoms with Crippen LogP contribution >= 0.6 is 0 Å². The first-order valence-corrected chi connectivity index (χ1v) is 4.96. The molecule has 0 aromatic heterocycles. The van der Waals surface area contributed by atoms with Crippen molar-refractivity contribution in [3.8, 4) is 0 Å². The molecular weight excluding hydrogens is 184 g/mol. The molecule has 80 valence electrons. The summed E-state index contributed by atoms with van der Waals surface area (Å²) in [7, 11) is 0. The minimum Gasteiger partial charge on any atom is -0.481 e. The maximum Gasteiger partial charge on any atom is 0.307 e. The molecule has 0 spiro atoms. The van der Waals surface area contributed by atoms with Crippen LogP contribution in [0.2, 0.25) is 0 Å². The van der Waals surface area contributed by atoms with Crippen LogP contribution in [0.15, 0.2) is 0 Å². The Hall–Kier alpha value is -1.06. The molecule has 0 saturated heterocycles. The Morgan fingerprint density at radius 2 is 1.93 bits per heavy atom. The van der Waals surface area contributed by atoms with Crippen LogP contribution in [-0.4, -0.2) is 22.2 Å². The predicted molar refractivity (Wildman–Crippen MR) is 50.0 cm³/mol. The first-order chi connectivity index (χ1) is 6.52. The Morgan fingerprint density at radius 3 is 2.21 bits per heavy atom. The van der Waals surface area contributed by atoms with Gasteiger partial charge in [0.25, 0.3) is 0 Å². The summed E-state index contributed by atoms with van der Waals surface area (Å²) >= 11 is 0. The van der Waals surface area contributed by atoms with Gasteiger partial charge in [-0.1, -0.05) is 13.3 Å². The molecule has 1 saturated carbocycles. The van der Waals surface area contributed by atoms with Gasteiger partial charge >= 0.3 is 11.9 Å². The highest BCUT2D eigenvalue weighted by molar-refractivity contribution is 5.75. The smallest absolute Gasteiger partial charge is 0.307 e. The van der Waals surface area contributed by atoms with Gasteiger partial charge in [-0.15, -0.1) is 0 Å². The summed E-state index contributed by atoms with van der Waals surface area (Å²) in [5, 5.41) is 17.7. The normalized spacial score (nSPS) is 20.1. The van der Waals surface area contributed by atoms with Gasteiger partial charge in [0, 0.05) is 0 Å². The minimum atomic E-state index is -0.884. The third-order valence-electron chi connectivity index (χ3n) is 3.01. The van der Waals surface area contributed by atoms with E-state index < -0.39 is 23.3 Å². The van der Waals surface area contributed by atoms with Crippen molar-refractivity contribution in [1.29, 1.82) is 0 Å². The van der Waals surface area contributed by atoms with Gasteiger partial charge in [-0.2, -0.15) is 0 Å². The lowest BCUT2D eigenvalue weighted by Crippen LogP contribution is -2.27. The van der Waals surface area contributed by atoms with Gasteiger partial charge in [0.15, 0.2) is 0 Å². The molecule has 4 heteroatoms. The van der Waals surface area contributed by atoms with Crippen LogP contribution in [0.4, 0.5) is 0 Å². The molecule has 1 rings (SSSR count). The van der Waals surface area contributed by atoms with Crippen LogP contribution < -0.4 is 0 Å². The number of rotatable bonds is 6. The molecular formula is C10H16O4. The summed E-state index contributed by atoms with van der Waals surface area (Å²) in [6.45, 7) is 1.92. The van der Waals surface area contributed by atoms with Crippen molar-refractivity contribution in [2.24, 2.45) is 11.3 Å². The standard InChI is InChI=1S/C10H16O4/c1-2-3-7(9(13)14)10(4-5-10)6-8(11)12/h7H,2-6H2,1H3,(H,11,12)(H,13,14). The SMILES string of the molecule is CCCC(C(=O)O)C1(CC(=O)O)CC1. The number of hydrogen-bond donors (Lipinski definition) is 2. The Bertz CT molecular complexity index is 243. The van der Waals surface area contributed by atoms with Crippen molar-refractivity contribution in [3.05, 3.63) is 0 Å². The Morgan fingerprint density at radius 1 is 1.36 bits per heavy atom. The number of hydrogen-bond acceptors (Lipinski definition) is 2. The van der Waals surface area contributed by atoms with Crippen molar-refractivity contribution in [2.45, 2.75) is 39.0 Å². The van der Waals surface area contributed by atoms with E-state index in [4.69, 9.17) is 10.2 Å². The van der Waals surface area contributed by atoms with Crippen LogP contribution in [-0.2, 0) is 9.59 Å². The second-order valence-corrected chi connectivity index (χ2v) is 4.11. The van der Waals surface area contributed by atoms with E-state index >= 15 is 0 Å². The van der Waals surface area contributed by atoms with Crippen LogP contribution in [0.5, 0.6) is 0 Å². The van der Waals surface area contributed by atoms with Crippen molar-refractivity contribution in [2.75, 3.05) is 0 Å². The maximum atomic E-state index is 11.0. The fourth-order valence-electron chi connectivity index (χ4n) is 2.09. The van der Waals surface area contributed by atoms with Gasteiger partial charge in [-0.05, 0) is 24.7 Å². The molecule has 2 N–H and O–H groups in total. The van der Waals surface area contributed by atoms with Gasteiger partial charge in [-0.25, -0.2) is 0 Å².